The van der Waals surface area contributed by atoms with Crippen LogP contribution in [0.15, 0.2) is 35.5 Å². The normalized spacial score (nSPS) is 39.0. The van der Waals surface area contributed by atoms with Gasteiger partial charge in [0, 0.05) is 0 Å². The summed E-state index contributed by atoms with van der Waals surface area (Å²) in [5, 5.41) is 9.96. The molecule has 28 heavy (non-hydrogen) atoms. The van der Waals surface area contributed by atoms with Crippen molar-refractivity contribution in [1.82, 2.24) is 0 Å². The molecular weight excluding hydrogens is 340 g/mol. The summed E-state index contributed by atoms with van der Waals surface area (Å²) < 4.78 is 0. The van der Waals surface area contributed by atoms with Crippen molar-refractivity contribution in [3.05, 3.63) is 35.5 Å². The lowest BCUT2D eigenvalue weighted by Crippen LogP contribution is -2.35. The van der Waals surface area contributed by atoms with E-state index < -0.39 is 0 Å². The summed E-state index contributed by atoms with van der Waals surface area (Å²) >= 11 is 0. The Hall–Kier alpha value is -0.820. The lowest BCUT2D eigenvalue weighted by molar-refractivity contribution is 0.112. The molecule has 3 rings (SSSR count). The largest absolute Gasteiger partial charge is 0.393 e. The third-order valence-electron chi connectivity index (χ3n) is 8.51. The summed E-state index contributed by atoms with van der Waals surface area (Å²) in [6, 6.07) is 0. The van der Waals surface area contributed by atoms with Gasteiger partial charge in [0.15, 0.2) is 0 Å². The van der Waals surface area contributed by atoms with Crippen LogP contribution in [0.5, 0.6) is 0 Å². The average molecular weight is 385 g/mol. The molecule has 0 aromatic heterocycles. The zero-order valence-electron chi connectivity index (χ0n) is 19.1. The van der Waals surface area contributed by atoms with Crippen LogP contribution in [-0.4, -0.2) is 11.2 Å². The summed E-state index contributed by atoms with van der Waals surface area (Å²) in [5.74, 6) is 3.68. The molecule has 1 heteroatoms. The van der Waals surface area contributed by atoms with Gasteiger partial charge in [-0.15, -0.1) is 0 Å². The van der Waals surface area contributed by atoms with Crippen LogP contribution in [0.4, 0.5) is 0 Å². The number of hydrogen-bond donors (Lipinski definition) is 1. The summed E-state index contributed by atoms with van der Waals surface area (Å²) in [6.45, 7) is 12.1. The fourth-order valence-electron chi connectivity index (χ4n) is 6.30. The Bertz CT molecular complexity index is 610. The maximum atomic E-state index is 9.96. The summed E-state index contributed by atoms with van der Waals surface area (Å²) in [5.41, 5.74) is 3.64. The third-order valence-corrected chi connectivity index (χ3v) is 8.51. The summed E-state index contributed by atoms with van der Waals surface area (Å²) in [6.07, 6.45) is 20.8. The second-order valence-electron chi connectivity index (χ2n) is 10.8. The topological polar surface area (TPSA) is 20.2 Å². The van der Waals surface area contributed by atoms with E-state index in [1.165, 1.54) is 44.1 Å². The molecule has 0 bridgehead atoms. The van der Waals surface area contributed by atoms with Crippen LogP contribution in [0.25, 0.3) is 0 Å². The third kappa shape index (κ3) is 4.84. The van der Waals surface area contributed by atoms with Gasteiger partial charge in [0.1, 0.15) is 0 Å². The van der Waals surface area contributed by atoms with Crippen LogP contribution in [0.3, 0.4) is 0 Å². The molecule has 0 heterocycles. The molecule has 3 saturated carbocycles. The van der Waals surface area contributed by atoms with Gasteiger partial charge in [-0.2, -0.15) is 0 Å². The highest BCUT2D eigenvalue weighted by Crippen LogP contribution is 2.59. The molecule has 6 atom stereocenters. The van der Waals surface area contributed by atoms with Crippen molar-refractivity contribution in [2.75, 3.05) is 0 Å². The van der Waals surface area contributed by atoms with Crippen LogP contribution in [0.2, 0.25) is 0 Å². The number of rotatable bonds is 5. The van der Waals surface area contributed by atoms with E-state index in [1.54, 1.807) is 5.57 Å². The highest BCUT2D eigenvalue weighted by molar-refractivity contribution is 5.26. The van der Waals surface area contributed by atoms with Crippen LogP contribution in [0.1, 0.15) is 92.4 Å². The Kier molecular flexibility index (Phi) is 7.29. The highest BCUT2D eigenvalue weighted by atomic mass is 16.3. The molecular formula is C27H44O. The Morgan fingerprint density at radius 1 is 0.964 bits per heavy atom. The maximum Gasteiger partial charge on any atom is 0.0577 e. The van der Waals surface area contributed by atoms with Gasteiger partial charge in [0.25, 0.3) is 0 Å². The van der Waals surface area contributed by atoms with Gasteiger partial charge in [-0.05, 0) is 92.8 Å². The quantitative estimate of drug-likeness (QED) is 0.487. The van der Waals surface area contributed by atoms with E-state index in [4.69, 9.17) is 0 Å². The van der Waals surface area contributed by atoms with Gasteiger partial charge in [0.2, 0.25) is 0 Å². The van der Waals surface area contributed by atoms with E-state index in [2.05, 4.69) is 58.9 Å². The van der Waals surface area contributed by atoms with Gasteiger partial charge < -0.3 is 5.11 Å². The van der Waals surface area contributed by atoms with E-state index in [9.17, 15) is 5.11 Å². The SMILES string of the molecule is CC(C)[C@@H](C)C=C[C@@H](C)[C@H]1CCC2C(=CC=C3CCC[C@H](O)C3)CCC[C@@]21C. The minimum atomic E-state index is -0.105. The molecule has 0 radical (unpaired) electrons. The minimum absolute atomic E-state index is 0.105. The smallest absolute Gasteiger partial charge is 0.0577 e. The van der Waals surface area contributed by atoms with E-state index in [0.29, 0.717) is 17.3 Å². The van der Waals surface area contributed by atoms with Crippen LogP contribution < -0.4 is 0 Å². The van der Waals surface area contributed by atoms with Crippen LogP contribution >= 0.6 is 0 Å². The van der Waals surface area contributed by atoms with E-state index in [-0.39, 0.29) is 6.10 Å². The first-order valence-corrected chi connectivity index (χ1v) is 12.1. The Morgan fingerprint density at radius 2 is 1.75 bits per heavy atom. The molecule has 1 N–H and O–H groups in total. The minimum Gasteiger partial charge on any atom is -0.393 e. The van der Waals surface area contributed by atoms with E-state index in [0.717, 1.165) is 37.0 Å². The molecule has 1 unspecified atom stereocenters. The predicted octanol–water partition coefficient (Wildman–Crippen LogP) is 7.47. The standard InChI is InChI=1S/C27H44O/c1-19(2)20(3)11-12-21(4)25-15-16-26-23(9-7-17-27(25,26)5)14-13-22-8-6-10-24(28)18-22/h11-14,19-21,24-26,28H,6-10,15-18H2,1-5H3/t20-,21+,24-,25+,26?,27+/m0/s1. The van der Waals surface area contributed by atoms with Gasteiger partial charge in [-0.25, -0.2) is 0 Å². The first-order chi connectivity index (χ1) is 13.3. The second-order valence-corrected chi connectivity index (χ2v) is 10.8. The first-order valence-electron chi connectivity index (χ1n) is 12.1. The number of hydrogen-bond acceptors (Lipinski definition) is 1. The number of aliphatic hydroxyl groups excluding tert-OH is 1. The molecule has 1 nitrogen and oxygen atoms in total. The van der Waals surface area contributed by atoms with Crippen molar-refractivity contribution in [3.63, 3.8) is 0 Å². The van der Waals surface area contributed by atoms with Crippen molar-refractivity contribution in [2.45, 2.75) is 98.5 Å². The molecule has 3 aliphatic carbocycles. The number of fused-ring (bicyclic) bond motifs is 1. The fourth-order valence-corrected chi connectivity index (χ4v) is 6.30. The zero-order chi connectivity index (χ0) is 20.3. The maximum absolute atomic E-state index is 9.96. The van der Waals surface area contributed by atoms with Crippen LogP contribution in [0, 0.1) is 35.0 Å². The van der Waals surface area contributed by atoms with Gasteiger partial charge >= 0.3 is 0 Å². The monoisotopic (exact) mass is 384 g/mol. The molecule has 3 aliphatic rings. The lowest BCUT2D eigenvalue weighted by atomic mass is 9.61. The molecule has 0 spiro atoms. The molecule has 0 saturated heterocycles. The van der Waals surface area contributed by atoms with Gasteiger partial charge in [-0.1, -0.05) is 70.1 Å². The Balaban J connectivity index is 1.71. The average Bonchev–Trinajstić information content (AvgIpc) is 3.01. The molecule has 0 aromatic rings. The fraction of sp³-hybridized carbons (Fsp3) is 0.778. The molecule has 0 amide bonds. The van der Waals surface area contributed by atoms with E-state index in [1.807, 2.05) is 0 Å². The van der Waals surface area contributed by atoms with Crippen LogP contribution in [-0.2, 0) is 0 Å². The Morgan fingerprint density at radius 3 is 2.46 bits per heavy atom. The van der Waals surface area contributed by atoms with Crippen molar-refractivity contribution in [1.29, 1.82) is 0 Å². The number of allylic oxidation sites excluding steroid dienone is 5. The van der Waals surface area contributed by atoms with Gasteiger partial charge in [0.05, 0.1) is 6.10 Å². The number of aliphatic hydroxyl groups is 1. The molecule has 0 aromatic carbocycles. The van der Waals surface area contributed by atoms with Crippen molar-refractivity contribution < 1.29 is 5.11 Å². The van der Waals surface area contributed by atoms with Crippen molar-refractivity contribution in [3.8, 4) is 0 Å². The predicted molar refractivity (Wildman–Crippen MR) is 121 cm³/mol. The van der Waals surface area contributed by atoms with Crippen molar-refractivity contribution >= 4 is 0 Å². The summed E-state index contributed by atoms with van der Waals surface area (Å²) in [7, 11) is 0. The summed E-state index contributed by atoms with van der Waals surface area (Å²) in [4.78, 5) is 0. The van der Waals surface area contributed by atoms with E-state index >= 15 is 0 Å². The molecule has 3 fully saturated rings. The first kappa shape index (κ1) is 21.9. The Labute approximate surface area is 174 Å². The molecule has 158 valence electrons. The lowest BCUT2D eigenvalue weighted by Gasteiger charge is -2.44. The van der Waals surface area contributed by atoms with Crippen molar-refractivity contribution in [2.24, 2.45) is 35.0 Å². The zero-order valence-corrected chi connectivity index (χ0v) is 19.1. The highest BCUT2D eigenvalue weighted by Gasteiger charge is 2.50. The second kappa shape index (κ2) is 9.33. The molecule has 0 aliphatic heterocycles. The van der Waals surface area contributed by atoms with Gasteiger partial charge in [-0.3, -0.25) is 0 Å².